The van der Waals surface area contributed by atoms with E-state index >= 15 is 0 Å². The van der Waals surface area contributed by atoms with E-state index in [4.69, 9.17) is 21.7 Å². The summed E-state index contributed by atoms with van der Waals surface area (Å²) < 4.78 is 11.1. The molecular weight excluding hydrogens is 296 g/mol. The van der Waals surface area contributed by atoms with E-state index in [0.717, 1.165) is 28.4 Å². The zero-order valence-corrected chi connectivity index (χ0v) is 13.4. The fraction of sp³-hybridized carbons (Fsp3) is 0.235. The molecule has 1 aliphatic rings. The van der Waals surface area contributed by atoms with Crippen LogP contribution in [0.5, 0.6) is 11.5 Å². The van der Waals surface area contributed by atoms with Crippen LogP contribution in [0.2, 0.25) is 0 Å². The van der Waals surface area contributed by atoms with Crippen molar-refractivity contribution in [2.75, 3.05) is 23.8 Å². The SMILES string of the molecule is Cc1ccc(C)c(NC(=S)Nc2ccc3c(c2)OCCO3)c1. The maximum absolute atomic E-state index is 5.57. The third kappa shape index (κ3) is 3.31. The van der Waals surface area contributed by atoms with Gasteiger partial charge in [0, 0.05) is 17.4 Å². The van der Waals surface area contributed by atoms with E-state index in [1.807, 2.05) is 18.2 Å². The van der Waals surface area contributed by atoms with Gasteiger partial charge in [-0.3, -0.25) is 0 Å². The van der Waals surface area contributed by atoms with Gasteiger partial charge in [0.1, 0.15) is 13.2 Å². The lowest BCUT2D eigenvalue weighted by Gasteiger charge is -2.19. The van der Waals surface area contributed by atoms with Crippen LogP contribution in [0, 0.1) is 13.8 Å². The van der Waals surface area contributed by atoms with Crippen LogP contribution < -0.4 is 20.1 Å². The van der Waals surface area contributed by atoms with E-state index in [9.17, 15) is 0 Å². The molecule has 1 heterocycles. The van der Waals surface area contributed by atoms with E-state index in [2.05, 4.69) is 42.7 Å². The van der Waals surface area contributed by atoms with Crippen molar-refractivity contribution in [3.63, 3.8) is 0 Å². The average molecular weight is 314 g/mol. The number of hydrogen-bond donors (Lipinski definition) is 2. The molecule has 0 saturated heterocycles. The molecule has 1 aliphatic heterocycles. The standard InChI is InChI=1S/C17H18N2O2S/c1-11-3-4-12(2)14(9-11)19-17(22)18-13-5-6-15-16(10-13)21-8-7-20-15/h3-6,9-10H,7-8H2,1-2H3,(H2,18,19,22). The first-order valence-corrected chi connectivity index (χ1v) is 7.57. The number of thiocarbonyl (C=S) groups is 1. The van der Waals surface area contributed by atoms with E-state index in [1.165, 1.54) is 5.56 Å². The molecule has 2 aromatic rings. The molecule has 5 heteroatoms. The minimum atomic E-state index is 0.547. The van der Waals surface area contributed by atoms with Crippen LogP contribution in [-0.2, 0) is 0 Å². The highest BCUT2D eigenvalue weighted by Crippen LogP contribution is 2.32. The molecule has 0 bridgehead atoms. The summed E-state index contributed by atoms with van der Waals surface area (Å²) in [7, 11) is 0. The van der Waals surface area contributed by atoms with Gasteiger partial charge in [-0.25, -0.2) is 0 Å². The summed E-state index contributed by atoms with van der Waals surface area (Å²) in [5.74, 6) is 1.51. The Kier molecular flexibility index (Phi) is 4.15. The van der Waals surface area contributed by atoms with E-state index in [0.29, 0.717) is 18.3 Å². The number of hydrogen-bond acceptors (Lipinski definition) is 3. The van der Waals surface area contributed by atoms with E-state index < -0.39 is 0 Å². The van der Waals surface area contributed by atoms with Crippen LogP contribution in [0.1, 0.15) is 11.1 Å². The molecule has 0 unspecified atom stereocenters. The number of ether oxygens (including phenoxy) is 2. The van der Waals surface area contributed by atoms with E-state index in [1.54, 1.807) is 0 Å². The highest BCUT2D eigenvalue weighted by molar-refractivity contribution is 7.80. The second-order valence-electron chi connectivity index (χ2n) is 5.26. The van der Waals surface area contributed by atoms with Crippen molar-refractivity contribution in [2.45, 2.75) is 13.8 Å². The number of benzene rings is 2. The summed E-state index contributed by atoms with van der Waals surface area (Å²) in [5.41, 5.74) is 4.22. The van der Waals surface area contributed by atoms with Crippen molar-refractivity contribution < 1.29 is 9.47 Å². The van der Waals surface area contributed by atoms with Crippen LogP contribution in [-0.4, -0.2) is 18.3 Å². The normalized spacial score (nSPS) is 12.6. The molecule has 0 atom stereocenters. The van der Waals surface area contributed by atoms with Crippen molar-refractivity contribution in [1.29, 1.82) is 0 Å². The van der Waals surface area contributed by atoms with Crippen molar-refractivity contribution >= 4 is 28.7 Å². The van der Waals surface area contributed by atoms with Crippen LogP contribution >= 0.6 is 12.2 Å². The van der Waals surface area contributed by atoms with Crippen LogP contribution in [0.15, 0.2) is 36.4 Å². The largest absolute Gasteiger partial charge is 0.486 e. The molecule has 0 radical (unpaired) electrons. The Morgan fingerprint density at radius 2 is 1.73 bits per heavy atom. The molecule has 22 heavy (non-hydrogen) atoms. The number of nitrogens with one attached hydrogen (secondary N) is 2. The molecule has 2 aromatic carbocycles. The molecule has 0 saturated carbocycles. The first-order chi connectivity index (χ1) is 10.6. The zero-order valence-electron chi connectivity index (χ0n) is 12.6. The van der Waals surface area contributed by atoms with Crippen LogP contribution in [0.3, 0.4) is 0 Å². The topological polar surface area (TPSA) is 42.5 Å². The Morgan fingerprint density at radius 3 is 2.55 bits per heavy atom. The number of aryl methyl sites for hydroxylation is 2. The summed E-state index contributed by atoms with van der Waals surface area (Å²) in [6.45, 7) is 5.27. The summed E-state index contributed by atoms with van der Waals surface area (Å²) >= 11 is 5.38. The summed E-state index contributed by atoms with van der Waals surface area (Å²) in [6, 6.07) is 11.9. The van der Waals surface area contributed by atoms with Crippen molar-refractivity contribution in [3.05, 3.63) is 47.5 Å². The molecular formula is C17H18N2O2S. The van der Waals surface area contributed by atoms with Crippen LogP contribution in [0.4, 0.5) is 11.4 Å². The maximum Gasteiger partial charge on any atom is 0.175 e. The van der Waals surface area contributed by atoms with Gasteiger partial charge in [-0.1, -0.05) is 12.1 Å². The second kappa shape index (κ2) is 6.23. The second-order valence-corrected chi connectivity index (χ2v) is 5.66. The Hall–Kier alpha value is -2.27. The molecule has 3 rings (SSSR count). The minimum absolute atomic E-state index is 0.547. The first kappa shape index (κ1) is 14.7. The molecule has 0 fully saturated rings. The summed E-state index contributed by atoms with van der Waals surface area (Å²) in [5, 5.41) is 6.95. The Labute approximate surface area is 135 Å². The monoisotopic (exact) mass is 314 g/mol. The van der Waals surface area contributed by atoms with Gasteiger partial charge in [-0.2, -0.15) is 0 Å². The van der Waals surface area contributed by atoms with Gasteiger partial charge in [0.05, 0.1) is 0 Å². The van der Waals surface area contributed by atoms with E-state index in [-0.39, 0.29) is 0 Å². The maximum atomic E-state index is 5.57. The first-order valence-electron chi connectivity index (χ1n) is 7.17. The fourth-order valence-electron chi connectivity index (χ4n) is 2.28. The number of fused-ring (bicyclic) bond motifs is 1. The quantitative estimate of drug-likeness (QED) is 0.823. The third-order valence-electron chi connectivity index (χ3n) is 3.44. The van der Waals surface area contributed by atoms with Crippen molar-refractivity contribution in [2.24, 2.45) is 0 Å². The lowest BCUT2D eigenvalue weighted by Crippen LogP contribution is -2.20. The fourth-order valence-corrected chi connectivity index (χ4v) is 2.50. The minimum Gasteiger partial charge on any atom is -0.486 e. The summed E-state index contributed by atoms with van der Waals surface area (Å²) in [4.78, 5) is 0. The Balaban J connectivity index is 1.70. The Morgan fingerprint density at radius 1 is 0.955 bits per heavy atom. The van der Waals surface area contributed by atoms with Crippen LogP contribution in [0.25, 0.3) is 0 Å². The molecule has 0 spiro atoms. The van der Waals surface area contributed by atoms with Gasteiger partial charge in [0.2, 0.25) is 0 Å². The molecule has 4 nitrogen and oxygen atoms in total. The predicted octanol–water partition coefficient (Wildman–Crippen LogP) is 3.88. The predicted molar refractivity (Wildman–Crippen MR) is 93.2 cm³/mol. The molecule has 0 aliphatic carbocycles. The highest BCUT2D eigenvalue weighted by Gasteiger charge is 2.12. The van der Waals surface area contributed by atoms with Crippen molar-refractivity contribution in [1.82, 2.24) is 0 Å². The molecule has 0 aromatic heterocycles. The van der Waals surface area contributed by atoms with Gasteiger partial charge < -0.3 is 20.1 Å². The molecule has 0 amide bonds. The lowest BCUT2D eigenvalue weighted by molar-refractivity contribution is 0.171. The van der Waals surface area contributed by atoms with Crippen molar-refractivity contribution in [3.8, 4) is 11.5 Å². The molecule has 2 N–H and O–H groups in total. The third-order valence-corrected chi connectivity index (χ3v) is 3.65. The number of anilines is 2. The number of rotatable bonds is 2. The van der Waals surface area contributed by atoms with Gasteiger partial charge in [0.15, 0.2) is 16.6 Å². The Bertz CT molecular complexity index is 716. The highest BCUT2D eigenvalue weighted by atomic mass is 32.1. The lowest BCUT2D eigenvalue weighted by atomic mass is 10.1. The summed E-state index contributed by atoms with van der Waals surface area (Å²) in [6.07, 6.45) is 0. The molecule has 114 valence electrons. The van der Waals surface area contributed by atoms with Gasteiger partial charge in [0.25, 0.3) is 0 Å². The zero-order chi connectivity index (χ0) is 15.5. The van der Waals surface area contributed by atoms with Gasteiger partial charge in [-0.15, -0.1) is 0 Å². The van der Waals surface area contributed by atoms with Gasteiger partial charge in [-0.05, 0) is 55.4 Å². The average Bonchev–Trinajstić information content (AvgIpc) is 2.51. The smallest absolute Gasteiger partial charge is 0.175 e. The van der Waals surface area contributed by atoms with Gasteiger partial charge >= 0.3 is 0 Å².